The second-order valence-corrected chi connectivity index (χ2v) is 5.30. The van der Waals surface area contributed by atoms with E-state index < -0.39 is 0 Å². The quantitative estimate of drug-likeness (QED) is 0.871. The van der Waals surface area contributed by atoms with Crippen LogP contribution in [0.4, 0.5) is 0 Å². The molecular formula is C12H21Cl2N3OS. The van der Waals surface area contributed by atoms with Crippen molar-refractivity contribution >= 4 is 42.1 Å². The zero-order chi connectivity index (χ0) is 12.1. The molecule has 1 aliphatic carbocycles. The first-order valence-electron chi connectivity index (χ1n) is 6.16. The van der Waals surface area contributed by atoms with Crippen molar-refractivity contribution in [1.82, 2.24) is 10.3 Å². The molecule has 1 amide bonds. The van der Waals surface area contributed by atoms with E-state index in [1.54, 1.807) is 16.8 Å². The van der Waals surface area contributed by atoms with Crippen LogP contribution >= 0.6 is 36.2 Å². The largest absolute Gasteiger partial charge is 0.353 e. The molecule has 2 atom stereocenters. The van der Waals surface area contributed by atoms with Crippen molar-refractivity contribution in [1.29, 1.82) is 0 Å². The van der Waals surface area contributed by atoms with E-state index in [0.29, 0.717) is 24.9 Å². The number of thiazole rings is 1. The van der Waals surface area contributed by atoms with Gasteiger partial charge >= 0.3 is 0 Å². The normalized spacial score (nSPS) is 21.3. The molecule has 1 aromatic rings. The summed E-state index contributed by atoms with van der Waals surface area (Å²) in [5.74, 6) is 0.599. The fourth-order valence-corrected chi connectivity index (χ4v) is 2.98. The zero-order valence-corrected chi connectivity index (χ0v) is 13.2. The third kappa shape index (κ3) is 5.65. The number of nitrogens with zero attached hydrogens (tertiary/aromatic N) is 1. The Morgan fingerprint density at radius 3 is 2.89 bits per heavy atom. The molecule has 1 fully saturated rings. The highest BCUT2D eigenvalue weighted by Crippen LogP contribution is 2.24. The number of hydrogen-bond donors (Lipinski definition) is 2. The summed E-state index contributed by atoms with van der Waals surface area (Å²) >= 11 is 1.57. The minimum Gasteiger partial charge on any atom is -0.353 e. The Morgan fingerprint density at radius 1 is 1.47 bits per heavy atom. The molecule has 4 nitrogen and oxygen atoms in total. The van der Waals surface area contributed by atoms with Gasteiger partial charge in [-0.3, -0.25) is 4.79 Å². The Bertz CT molecular complexity index is 362. The number of hydrogen-bond acceptors (Lipinski definition) is 4. The molecule has 0 aromatic carbocycles. The topological polar surface area (TPSA) is 68.0 Å². The molecule has 19 heavy (non-hydrogen) atoms. The summed E-state index contributed by atoms with van der Waals surface area (Å²) in [7, 11) is 0. The molecule has 3 N–H and O–H groups in total. The van der Waals surface area contributed by atoms with Crippen LogP contribution in [0.3, 0.4) is 0 Å². The fraction of sp³-hybridized carbons (Fsp3) is 0.667. The third-order valence-electron chi connectivity index (χ3n) is 3.40. The van der Waals surface area contributed by atoms with Crippen LogP contribution in [0, 0.1) is 5.92 Å². The van der Waals surface area contributed by atoms with Gasteiger partial charge in [0.05, 0.1) is 11.2 Å². The predicted molar refractivity (Wildman–Crippen MR) is 83.3 cm³/mol. The van der Waals surface area contributed by atoms with E-state index in [9.17, 15) is 4.79 Å². The van der Waals surface area contributed by atoms with E-state index in [1.807, 2.05) is 5.38 Å². The van der Waals surface area contributed by atoms with Gasteiger partial charge in [0, 0.05) is 17.8 Å². The maximum atomic E-state index is 11.8. The summed E-state index contributed by atoms with van der Waals surface area (Å²) in [5, 5.41) is 5.09. The standard InChI is InChI=1S/C12H19N3OS.2ClH/c13-6-9-2-1-3-11(9)15-12(16)5-4-10-7-17-8-14-10;;/h7-9,11H,1-6,13H2,(H,15,16);2*1H. The number of rotatable bonds is 5. The van der Waals surface area contributed by atoms with Crippen LogP contribution in [-0.2, 0) is 11.2 Å². The fourth-order valence-electron chi connectivity index (χ4n) is 2.39. The number of aryl methyl sites for hydroxylation is 1. The molecule has 2 rings (SSSR count). The molecule has 0 spiro atoms. The molecule has 1 aromatic heterocycles. The first-order chi connectivity index (χ1) is 8.29. The second-order valence-electron chi connectivity index (χ2n) is 4.58. The number of carbonyl (C=O) groups is 1. The molecule has 0 radical (unpaired) electrons. The SMILES string of the molecule is Cl.Cl.NCC1CCCC1NC(=O)CCc1cscn1. The number of aromatic nitrogens is 1. The molecule has 0 bridgehead atoms. The summed E-state index contributed by atoms with van der Waals surface area (Å²) in [4.78, 5) is 15.9. The Labute approximate surface area is 130 Å². The van der Waals surface area contributed by atoms with Crippen LogP contribution in [0.25, 0.3) is 0 Å². The summed E-state index contributed by atoms with van der Waals surface area (Å²) in [6.45, 7) is 0.678. The van der Waals surface area contributed by atoms with Gasteiger partial charge in [0.1, 0.15) is 0 Å². The van der Waals surface area contributed by atoms with Crippen LogP contribution in [0.2, 0.25) is 0 Å². The number of halogens is 2. The van der Waals surface area contributed by atoms with E-state index in [0.717, 1.165) is 25.0 Å². The predicted octanol–water partition coefficient (Wildman–Crippen LogP) is 2.16. The van der Waals surface area contributed by atoms with Gasteiger partial charge in [0.15, 0.2) is 0 Å². The Kier molecular flexibility index (Phi) is 9.35. The third-order valence-corrected chi connectivity index (χ3v) is 4.04. The van der Waals surface area contributed by atoms with Crippen LogP contribution < -0.4 is 11.1 Å². The molecule has 0 saturated heterocycles. The lowest BCUT2D eigenvalue weighted by Crippen LogP contribution is -2.39. The highest BCUT2D eigenvalue weighted by atomic mass is 35.5. The molecule has 1 aliphatic rings. The van der Waals surface area contributed by atoms with Crippen LogP contribution in [0.15, 0.2) is 10.9 Å². The Balaban J connectivity index is 0.00000162. The summed E-state index contributed by atoms with van der Waals surface area (Å²) in [5.41, 5.74) is 8.50. The van der Waals surface area contributed by atoms with E-state index in [2.05, 4.69) is 10.3 Å². The van der Waals surface area contributed by atoms with Gasteiger partial charge in [-0.15, -0.1) is 36.2 Å². The maximum absolute atomic E-state index is 11.8. The second kappa shape index (κ2) is 9.53. The smallest absolute Gasteiger partial charge is 0.220 e. The van der Waals surface area contributed by atoms with Crippen molar-refractivity contribution < 1.29 is 4.79 Å². The Hall–Kier alpha value is -0.360. The number of carbonyl (C=O) groups excluding carboxylic acids is 1. The van der Waals surface area contributed by atoms with E-state index >= 15 is 0 Å². The minimum absolute atomic E-state index is 0. The summed E-state index contributed by atoms with van der Waals surface area (Å²) in [6, 6.07) is 0.294. The van der Waals surface area contributed by atoms with Gasteiger partial charge in [-0.1, -0.05) is 6.42 Å². The van der Waals surface area contributed by atoms with E-state index in [-0.39, 0.29) is 30.7 Å². The van der Waals surface area contributed by atoms with Gasteiger partial charge in [0.25, 0.3) is 0 Å². The van der Waals surface area contributed by atoms with Crippen molar-refractivity contribution in [2.24, 2.45) is 11.7 Å². The van der Waals surface area contributed by atoms with E-state index in [1.165, 1.54) is 6.42 Å². The molecule has 110 valence electrons. The van der Waals surface area contributed by atoms with E-state index in [4.69, 9.17) is 5.73 Å². The van der Waals surface area contributed by atoms with Gasteiger partial charge < -0.3 is 11.1 Å². The average Bonchev–Trinajstić information content (AvgIpc) is 2.97. The number of nitrogens with two attached hydrogens (primary N) is 1. The molecule has 1 saturated carbocycles. The lowest BCUT2D eigenvalue weighted by molar-refractivity contribution is -0.122. The summed E-state index contributed by atoms with van der Waals surface area (Å²) < 4.78 is 0. The highest BCUT2D eigenvalue weighted by Gasteiger charge is 2.26. The Morgan fingerprint density at radius 2 is 2.26 bits per heavy atom. The summed E-state index contributed by atoms with van der Waals surface area (Å²) in [6.07, 6.45) is 4.66. The zero-order valence-electron chi connectivity index (χ0n) is 10.7. The van der Waals surface area contributed by atoms with Gasteiger partial charge in [0.2, 0.25) is 5.91 Å². The van der Waals surface area contributed by atoms with Crippen molar-refractivity contribution in [2.75, 3.05) is 6.54 Å². The van der Waals surface area contributed by atoms with Crippen molar-refractivity contribution in [2.45, 2.75) is 38.1 Å². The highest BCUT2D eigenvalue weighted by molar-refractivity contribution is 7.07. The van der Waals surface area contributed by atoms with Crippen LogP contribution in [0.5, 0.6) is 0 Å². The van der Waals surface area contributed by atoms with Crippen LogP contribution in [-0.4, -0.2) is 23.5 Å². The average molecular weight is 326 g/mol. The first kappa shape index (κ1) is 18.6. The molecule has 2 unspecified atom stereocenters. The number of nitrogens with one attached hydrogen (secondary N) is 1. The first-order valence-corrected chi connectivity index (χ1v) is 7.10. The monoisotopic (exact) mass is 325 g/mol. The minimum atomic E-state index is 0. The lowest BCUT2D eigenvalue weighted by atomic mass is 10.0. The molecular weight excluding hydrogens is 305 g/mol. The number of amides is 1. The van der Waals surface area contributed by atoms with Gasteiger partial charge in [-0.25, -0.2) is 4.98 Å². The van der Waals surface area contributed by atoms with Crippen LogP contribution in [0.1, 0.15) is 31.4 Å². The van der Waals surface area contributed by atoms with Crippen molar-refractivity contribution in [3.05, 3.63) is 16.6 Å². The molecule has 1 heterocycles. The molecule has 7 heteroatoms. The molecule has 0 aliphatic heterocycles. The lowest BCUT2D eigenvalue weighted by Gasteiger charge is -2.19. The van der Waals surface area contributed by atoms with Crippen molar-refractivity contribution in [3.63, 3.8) is 0 Å². The maximum Gasteiger partial charge on any atom is 0.220 e. The van der Waals surface area contributed by atoms with Gasteiger partial charge in [-0.2, -0.15) is 0 Å². The van der Waals surface area contributed by atoms with Gasteiger partial charge in [-0.05, 0) is 31.7 Å². The van der Waals surface area contributed by atoms with Crippen molar-refractivity contribution in [3.8, 4) is 0 Å².